The lowest BCUT2D eigenvalue weighted by Gasteiger charge is -2.02. The standard InChI is InChI=1S/C6H8N2O/c7-6(9)5-1-3-8-4-2-5/h1-3,8H,4H2,(H2,7,9). The van der Waals surface area contributed by atoms with Gasteiger partial charge >= 0.3 is 0 Å². The zero-order valence-corrected chi connectivity index (χ0v) is 4.92. The number of primary amides is 1. The van der Waals surface area contributed by atoms with Gasteiger partial charge in [-0.1, -0.05) is 6.08 Å². The second-order valence-electron chi connectivity index (χ2n) is 1.77. The molecule has 3 nitrogen and oxygen atoms in total. The molecule has 0 fully saturated rings. The SMILES string of the molecule is NC(=O)C1=CCNC=C1. The number of dihydropyridines is 1. The van der Waals surface area contributed by atoms with Crippen LogP contribution in [0.1, 0.15) is 0 Å². The normalized spacial score (nSPS) is 16.2. The molecule has 0 radical (unpaired) electrons. The predicted molar refractivity (Wildman–Crippen MR) is 34.4 cm³/mol. The molecule has 3 N–H and O–H groups in total. The average molecular weight is 124 g/mol. The third-order valence-electron chi connectivity index (χ3n) is 1.11. The van der Waals surface area contributed by atoms with Crippen molar-refractivity contribution in [3.63, 3.8) is 0 Å². The van der Waals surface area contributed by atoms with Gasteiger partial charge in [0.25, 0.3) is 0 Å². The van der Waals surface area contributed by atoms with E-state index in [-0.39, 0.29) is 5.91 Å². The molecule has 1 aliphatic heterocycles. The van der Waals surface area contributed by atoms with Crippen LogP contribution in [0.3, 0.4) is 0 Å². The van der Waals surface area contributed by atoms with Crippen molar-refractivity contribution >= 4 is 5.91 Å². The van der Waals surface area contributed by atoms with Crippen LogP contribution in [0.25, 0.3) is 0 Å². The minimum atomic E-state index is -0.368. The number of carbonyl (C=O) groups is 1. The average Bonchev–Trinajstić information content (AvgIpc) is 1.90. The summed E-state index contributed by atoms with van der Waals surface area (Å²) in [7, 11) is 0. The number of carbonyl (C=O) groups excluding carboxylic acids is 1. The van der Waals surface area contributed by atoms with E-state index in [0.29, 0.717) is 12.1 Å². The Morgan fingerprint density at radius 3 is 2.89 bits per heavy atom. The summed E-state index contributed by atoms with van der Waals surface area (Å²) in [6.07, 6.45) is 5.12. The number of nitrogens with one attached hydrogen (secondary N) is 1. The number of nitrogens with two attached hydrogens (primary N) is 1. The Balaban J connectivity index is 2.69. The van der Waals surface area contributed by atoms with Crippen LogP contribution < -0.4 is 11.1 Å². The van der Waals surface area contributed by atoms with Crippen LogP contribution in [-0.2, 0) is 4.79 Å². The fourth-order valence-corrected chi connectivity index (χ4v) is 0.636. The van der Waals surface area contributed by atoms with Crippen molar-refractivity contribution in [2.24, 2.45) is 5.73 Å². The largest absolute Gasteiger partial charge is 0.387 e. The molecule has 1 heterocycles. The van der Waals surface area contributed by atoms with Crippen molar-refractivity contribution in [3.8, 4) is 0 Å². The van der Waals surface area contributed by atoms with E-state index in [0.717, 1.165) is 0 Å². The zero-order valence-electron chi connectivity index (χ0n) is 4.92. The minimum absolute atomic E-state index is 0.368. The molecule has 0 atom stereocenters. The van der Waals surface area contributed by atoms with Crippen LogP contribution in [0.15, 0.2) is 23.9 Å². The molecule has 3 heteroatoms. The summed E-state index contributed by atoms with van der Waals surface area (Å²) in [5, 5.41) is 2.90. The van der Waals surface area contributed by atoms with E-state index >= 15 is 0 Å². The Labute approximate surface area is 53.2 Å². The lowest BCUT2D eigenvalue weighted by atomic mass is 10.2. The highest BCUT2D eigenvalue weighted by atomic mass is 16.1. The summed E-state index contributed by atoms with van der Waals surface area (Å²) in [6, 6.07) is 0. The summed E-state index contributed by atoms with van der Waals surface area (Å²) >= 11 is 0. The first kappa shape index (κ1) is 5.88. The van der Waals surface area contributed by atoms with Crippen molar-refractivity contribution in [1.82, 2.24) is 5.32 Å². The molecular formula is C6H8N2O. The van der Waals surface area contributed by atoms with E-state index in [1.165, 1.54) is 0 Å². The van der Waals surface area contributed by atoms with Gasteiger partial charge in [0.2, 0.25) is 5.91 Å². The molecule has 1 amide bonds. The highest BCUT2D eigenvalue weighted by molar-refractivity contribution is 5.94. The molecule has 48 valence electrons. The van der Waals surface area contributed by atoms with Gasteiger partial charge in [0.1, 0.15) is 0 Å². The quantitative estimate of drug-likeness (QED) is 0.496. The molecule has 0 aromatic rings. The number of amides is 1. The van der Waals surface area contributed by atoms with Crippen LogP contribution in [-0.4, -0.2) is 12.5 Å². The Morgan fingerprint density at radius 2 is 2.56 bits per heavy atom. The number of hydrogen-bond donors (Lipinski definition) is 2. The van der Waals surface area contributed by atoms with Crippen molar-refractivity contribution < 1.29 is 4.79 Å². The molecule has 0 saturated carbocycles. The van der Waals surface area contributed by atoms with E-state index in [2.05, 4.69) is 5.32 Å². The van der Waals surface area contributed by atoms with E-state index < -0.39 is 0 Å². The Morgan fingerprint density at radius 1 is 1.78 bits per heavy atom. The molecule has 0 aliphatic carbocycles. The Kier molecular flexibility index (Phi) is 1.53. The fraction of sp³-hybridized carbons (Fsp3) is 0.167. The maximum atomic E-state index is 10.4. The van der Waals surface area contributed by atoms with Gasteiger partial charge < -0.3 is 11.1 Å². The molecule has 0 unspecified atom stereocenters. The van der Waals surface area contributed by atoms with Crippen LogP contribution in [0.2, 0.25) is 0 Å². The Hall–Kier alpha value is -1.25. The van der Waals surface area contributed by atoms with Gasteiger partial charge in [0.05, 0.1) is 0 Å². The van der Waals surface area contributed by atoms with E-state index in [9.17, 15) is 4.79 Å². The Bertz CT molecular complexity index is 181. The molecule has 0 aromatic heterocycles. The predicted octanol–water partition coefficient (Wildman–Crippen LogP) is -0.485. The van der Waals surface area contributed by atoms with Crippen LogP contribution >= 0.6 is 0 Å². The van der Waals surface area contributed by atoms with Crippen LogP contribution in [0.5, 0.6) is 0 Å². The lowest BCUT2D eigenvalue weighted by molar-refractivity contribution is -0.114. The van der Waals surface area contributed by atoms with Crippen molar-refractivity contribution in [1.29, 1.82) is 0 Å². The van der Waals surface area contributed by atoms with Crippen molar-refractivity contribution in [2.75, 3.05) is 6.54 Å². The second kappa shape index (κ2) is 2.35. The third kappa shape index (κ3) is 1.32. The van der Waals surface area contributed by atoms with E-state index in [1.54, 1.807) is 18.4 Å². The van der Waals surface area contributed by atoms with Gasteiger partial charge in [-0.2, -0.15) is 0 Å². The van der Waals surface area contributed by atoms with Crippen LogP contribution in [0, 0.1) is 0 Å². The van der Waals surface area contributed by atoms with Gasteiger partial charge in [-0.25, -0.2) is 0 Å². The van der Waals surface area contributed by atoms with Gasteiger partial charge in [-0.15, -0.1) is 0 Å². The molecule has 1 rings (SSSR count). The highest BCUT2D eigenvalue weighted by Crippen LogP contribution is 1.96. The first-order valence-corrected chi connectivity index (χ1v) is 2.70. The van der Waals surface area contributed by atoms with Gasteiger partial charge in [0.15, 0.2) is 0 Å². The number of rotatable bonds is 1. The fourth-order valence-electron chi connectivity index (χ4n) is 0.636. The summed E-state index contributed by atoms with van der Waals surface area (Å²) in [5.41, 5.74) is 5.56. The summed E-state index contributed by atoms with van der Waals surface area (Å²) in [5.74, 6) is -0.368. The monoisotopic (exact) mass is 124 g/mol. The molecule has 0 bridgehead atoms. The summed E-state index contributed by atoms with van der Waals surface area (Å²) in [4.78, 5) is 10.4. The van der Waals surface area contributed by atoms with Crippen molar-refractivity contribution in [3.05, 3.63) is 23.9 Å². The van der Waals surface area contributed by atoms with Gasteiger partial charge in [-0.3, -0.25) is 4.79 Å². The maximum absolute atomic E-state index is 10.4. The molecule has 0 saturated heterocycles. The first-order chi connectivity index (χ1) is 4.30. The maximum Gasteiger partial charge on any atom is 0.248 e. The van der Waals surface area contributed by atoms with Gasteiger partial charge in [-0.05, 0) is 12.3 Å². The van der Waals surface area contributed by atoms with E-state index in [4.69, 9.17) is 5.73 Å². The number of hydrogen-bond acceptors (Lipinski definition) is 2. The summed E-state index contributed by atoms with van der Waals surface area (Å²) in [6.45, 7) is 0.689. The van der Waals surface area contributed by atoms with Gasteiger partial charge in [0, 0.05) is 12.1 Å². The molecule has 9 heavy (non-hydrogen) atoms. The molecule has 0 spiro atoms. The zero-order chi connectivity index (χ0) is 6.69. The molecule has 1 aliphatic rings. The molecule has 0 aromatic carbocycles. The summed E-state index contributed by atoms with van der Waals surface area (Å²) < 4.78 is 0. The third-order valence-corrected chi connectivity index (χ3v) is 1.11. The lowest BCUT2D eigenvalue weighted by Crippen LogP contribution is -2.18. The minimum Gasteiger partial charge on any atom is -0.387 e. The highest BCUT2D eigenvalue weighted by Gasteiger charge is 2.00. The smallest absolute Gasteiger partial charge is 0.248 e. The second-order valence-corrected chi connectivity index (χ2v) is 1.77. The molecular weight excluding hydrogens is 116 g/mol. The van der Waals surface area contributed by atoms with Crippen molar-refractivity contribution in [2.45, 2.75) is 0 Å². The van der Waals surface area contributed by atoms with Crippen LogP contribution in [0.4, 0.5) is 0 Å². The topological polar surface area (TPSA) is 55.1 Å². The van der Waals surface area contributed by atoms with E-state index in [1.807, 2.05) is 0 Å². The first-order valence-electron chi connectivity index (χ1n) is 2.70.